The van der Waals surface area contributed by atoms with Crippen LogP contribution in [0.5, 0.6) is 0 Å². The van der Waals surface area contributed by atoms with Crippen molar-refractivity contribution in [3.8, 4) is 0 Å². The van der Waals surface area contributed by atoms with Gasteiger partial charge in [0.25, 0.3) is 11.4 Å². The van der Waals surface area contributed by atoms with Gasteiger partial charge >= 0.3 is 5.17 Å². The highest BCUT2D eigenvalue weighted by Gasteiger charge is 2.16. The van der Waals surface area contributed by atoms with E-state index in [0.29, 0.717) is 5.17 Å². The third-order valence-electron chi connectivity index (χ3n) is 3.39. The molecule has 0 spiro atoms. The van der Waals surface area contributed by atoms with Gasteiger partial charge in [0.15, 0.2) is 0 Å². The third kappa shape index (κ3) is 6.98. The highest BCUT2D eigenvalue weighted by Crippen LogP contribution is 2.25. The molecule has 0 radical (unpaired) electrons. The second kappa shape index (κ2) is 12.5. The molecule has 0 saturated carbocycles. The molecule has 10 nitrogen and oxygen atoms in total. The van der Waals surface area contributed by atoms with Crippen molar-refractivity contribution < 1.29 is 39.2 Å². The molecule has 0 amide bonds. The number of nitrogens with zero attached hydrogens (tertiary/aromatic N) is 5. The molecule has 0 aliphatic rings. The number of nitrogens with two attached hydrogens (primary N) is 1. The SMILES string of the molecule is CS/C(=N/N=Cc1c(Cl)cccc1[N+](=O)[O-])[NH2+]N=Cc1c(Cl)cccc1[N+](=O)[O-].[I-]. The van der Waals surface area contributed by atoms with Crippen LogP contribution in [0.3, 0.4) is 0 Å². The van der Waals surface area contributed by atoms with Gasteiger partial charge in [-0.2, -0.15) is 10.5 Å². The first kappa shape index (κ1) is 25.9. The molecular formula is C16H13Cl2IN6O4S. The molecule has 14 heteroatoms. The minimum Gasteiger partial charge on any atom is -1.00 e. The van der Waals surface area contributed by atoms with Crippen molar-refractivity contribution >= 4 is 63.9 Å². The van der Waals surface area contributed by atoms with Gasteiger partial charge in [-0.3, -0.25) is 20.2 Å². The lowest BCUT2D eigenvalue weighted by Crippen LogP contribution is -3.00. The number of benzene rings is 2. The van der Waals surface area contributed by atoms with Gasteiger partial charge in [0.1, 0.15) is 0 Å². The monoisotopic (exact) mass is 582 g/mol. The number of halogens is 3. The molecule has 0 bridgehead atoms. The normalized spacial score (nSPS) is 11.6. The molecular weight excluding hydrogens is 570 g/mol. The predicted molar refractivity (Wildman–Crippen MR) is 114 cm³/mol. The molecule has 2 aromatic rings. The summed E-state index contributed by atoms with van der Waals surface area (Å²) in [5.74, 6) is 0. The second-order valence-corrected chi connectivity index (χ2v) is 6.79. The van der Waals surface area contributed by atoms with E-state index in [1.165, 1.54) is 66.0 Å². The molecule has 30 heavy (non-hydrogen) atoms. The van der Waals surface area contributed by atoms with Gasteiger partial charge < -0.3 is 24.0 Å². The first-order valence-electron chi connectivity index (χ1n) is 7.72. The zero-order chi connectivity index (χ0) is 21.4. The number of hydrogen-bond donors (Lipinski definition) is 1. The zero-order valence-electron chi connectivity index (χ0n) is 15.1. The molecule has 2 N–H and O–H groups in total. The van der Waals surface area contributed by atoms with E-state index in [4.69, 9.17) is 23.2 Å². The van der Waals surface area contributed by atoms with Crippen LogP contribution in [-0.2, 0) is 0 Å². The van der Waals surface area contributed by atoms with Gasteiger partial charge in [0, 0.05) is 12.1 Å². The van der Waals surface area contributed by atoms with Crippen LogP contribution >= 0.6 is 35.0 Å². The van der Waals surface area contributed by atoms with E-state index < -0.39 is 9.85 Å². The van der Waals surface area contributed by atoms with E-state index in [1.54, 1.807) is 6.26 Å². The first-order valence-corrected chi connectivity index (χ1v) is 9.70. The van der Waals surface area contributed by atoms with Crippen LogP contribution in [0, 0.1) is 20.2 Å². The van der Waals surface area contributed by atoms with Crippen LogP contribution in [0.25, 0.3) is 0 Å². The summed E-state index contributed by atoms with van der Waals surface area (Å²) in [6.07, 6.45) is 4.14. The Morgan fingerprint density at radius 2 is 1.50 bits per heavy atom. The van der Waals surface area contributed by atoms with Crippen LogP contribution in [0.4, 0.5) is 11.4 Å². The summed E-state index contributed by atoms with van der Waals surface area (Å²) < 4.78 is 0. The first-order chi connectivity index (χ1) is 13.8. The second-order valence-electron chi connectivity index (χ2n) is 5.15. The largest absolute Gasteiger partial charge is 1.00 e. The number of thioether (sulfide) groups is 1. The van der Waals surface area contributed by atoms with Crippen LogP contribution in [0.15, 0.2) is 51.7 Å². The van der Waals surface area contributed by atoms with Crippen LogP contribution in [0.1, 0.15) is 11.1 Å². The van der Waals surface area contributed by atoms with Gasteiger partial charge in [-0.25, -0.2) is 0 Å². The van der Waals surface area contributed by atoms with Crippen LogP contribution in [-0.4, -0.2) is 33.7 Å². The Labute approximate surface area is 201 Å². The summed E-state index contributed by atoms with van der Waals surface area (Å²) in [5, 5.41) is 34.6. The summed E-state index contributed by atoms with van der Waals surface area (Å²) in [7, 11) is 0. The van der Waals surface area contributed by atoms with Crippen LogP contribution < -0.4 is 29.4 Å². The lowest BCUT2D eigenvalue weighted by atomic mass is 10.2. The molecule has 0 heterocycles. The highest BCUT2D eigenvalue weighted by atomic mass is 127. The van der Waals surface area contributed by atoms with E-state index >= 15 is 0 Å². The van der Waals surface area contributed by atoms with E-state index in [9.17, 15) is 20.2 Å². The van der Waals surface area contributed by atoms with Gasteiger partial charge in [0.2, 0.25) is 0 Å². The van der Waals surface area contributed by atoms with E-state index in [-0.39, 0.29) is 56.5 Å². The van der Waals surface area contributed by atoms with Crippen molar-refractivity contribution in [1.82, 2.24) is 0 Å². The molecule has 0 saturated heterocycles. The number of nitro benzene ring substituents is 2. The Hall–Kier alpha value is -2.13. The average Bonchev–Trinajstić information content (AvgIpc) is 2.68. The standard InChI is InChI=1S/C16H12Cl2N6O4S.HI/c1-29-16(21-19-8-10-12(17)4-2-6-14(10)23(25)26)22-20-9-11-13(18)5-3-7-15(11)24(27)28;/h2-9H,1H3,(H,21,22);1H. The smallest absolute Gasteiger partial charge is 0.305 e. The van der Waals surface area contributed by atoms with Crippen LogP contribution in [0.2, 0.25) is 10.0 Å². The fraction of sp³-hybridized carbons (Fsp3) is 0.0625. The van der Waals surface area contributed by atoms with Gasteiger partial charge in [-0.05, 0) is 30.2 Å². The minimum absolute atomic E-state index is 0. The summed E-state index contributed by atoms with van der Waals surface area (Å²) in [6, 6.07) is 8.57. The lowest BCUT2D eigenvalue weighted by molar-refractivity contribution is -0.539. The molecule has 0 fully saturated rings. The highest BCUT2D eigenvalue weighted by molar-refractivity contribution is 8.12. The third-order valence-corrected chi connectivity index (χ3v) is 4.66. The Bertz CT molecular complexity index is 1030. The summed E-state index contributed by atoms with van der Waals surface area (Å²) in [5.41, 5.74) is 1.23. The number of hydrogen-bond acceptors (Lipinski definition) is 8. The molecule has 0 aliphatic carbocycles. The quantitative estimate of drug-likeness (QED) is 0.132. The number of rotatable bonds is 6. The minimum atomic E-state index is -0.570. The molecule has 0 atom stereocenters. The number of quaternary nitrogens is 1. The van der Waals surface area contributed by atoms with Crippen molar-refractivity contribution in [2.45, 2.75) is 0 Å². The van der Waals surface area contributed by atoms with E-state index in [0.717, 1.165) is 0 Å². The van der Waals surface area contributed by atoms with E-state index in [2.05, 4.69) is 15.3 Å². The Balaban J connectivity index is 0.00000450. The summed E-state index contributed by atoms with van der Waals surface area (Å²) in [6.45, 7) is 0. The number of nitro groups is 2. The van der Waals surface area contributed by atoms with Gasteiger partial charge in [-0.1, -0.05) is 45.5 Å². The maximum atomic E-state index is 11.1. The molecule has 0 unspecified atom stereocenters. The van der Waals surface area contributed by atoms with Crippen molar-refractivity contribution in [2.75, 3.05) is 6.26 Å². The molecule has 0 aliphatic heterocycles. The Morgan fingerprint density at radius 3 is 1.97 bits per heavy atom. The van der Waals surface area contributed by atoms with Gasteiger partial charge in [0.05, 0.1) is 43.4 Å². The van der Waals surface area contributed by atoms with Gasteiger partial charge in [-0.15, -0.1) is 0 Å². The molecule has 2 rings (SSSR count). The van der Waals surface area contributed by atoms with Crippen molar-refractivity contribution in [3.63, 3.8) is 0 Å². The van der Waals surface area contributed by atoms with Crippen molar-refractivity contribution in [1.29, 1.82) is 0 Å². The average molecular weight is 583 g/mol. The maximum Gasteiger partial charge on any atom is 0.305 e. The Kier molecular flexibility index (Phi) is 10.8. The fourth-order valence-electron chi connectivity index (χ4n) is 2.06. The van der Waals surface area contributed by atoms with E-state index in [1.807, 2.05) is 0 Å². The van der Waals surface area contributed by atoms with Crippen molar-refractivity contribution in [3.05, 3.63) is 77.8 Å². The summed E-state index contributed by atoms with van der Waals surface area (Å²) in [4.78, 5) is 21.0. The lowest BCUT2D eigenvalue weighted by Gasteiger charge is -1.99. The maximum absolute atomic E-state index is 11.1. The zero-order valence-corrected chi connectivity index (χ0v) is 19.6. The topological polar surface area (TPSA) is 140 Å². The predicted octanol–water partition coefficient (Wildman–Crippen LogP) is 0.464. The van der Waals surface area contributed by atoms with Crippen molar-refractivity contribution in [2.24, 2.45) is 15.3 Å². The molecule has 2 aromatic carbocycles. The summed E-state index contributed by atoms with van der Waals surface area (Å²) >= 11 is 13.2. The number of amidine groups is 1. The fourth-order valence-corrected chi connectivity index (χ4v) is 2.80. The Morgan fingerprint density at radius 1 is 1.00 bits per heavy atom. The molecule has 158 valence electrons. The molecule has 0 aromatic heterocycles.